The van der Waals surface area contributed by atoms with Gasteiger partial charge < -0.3 is 14.8 Å². The SMILES string of the molecule is Nc1c(N=Nc2ccc(-c3ccc(NN=C4C=CC(=O)C=C4)cc3)cc2)c(S(=O)(=O)[O-])cc2c1C(=O)/C(=N\Nc1ccccc1)C(S(=O)(=O)[O-])=C2.[Na+].[Na+]. The van der Waals surface area contributed by atoms with Crippen molar-refractivity contribution in [2.75, 3.05) is 16.6 Å². The second kappa shape index (κ2) is 17.2. The molecule has 4 aromatic rings. The second-order valence-electron chi connectivity index (χ2n) is 10.8. The number of rotatable bonds is 9. The molecule has 256 valence electrons. The van der Waals surface area contributed by atoms with Gasteiger partial charge in [0.2, 0.25) is 5.78 Å². The summed E-state index contributed by atoms with van der Waals surface area (Å²) in [6, 6.07) is 22.7. The van der Waals surface area contributed by atoms with E-state index in [1.165, 1.54) is 12.2 Å². The number of nitrogens with zero attached hydrogens (tertiary/aromatic N) is 4. The molecule has 0 aliphatic heterocycles. The fourth-order valence-corrected chi connectivity index (χ4v) is 6.24. The van der Waals surface area contributed by atoms with Crippen LogP contribution in [-0.4, -0.2) is 48.9 Å². The molecule has 0 saturated carbocycles. The van der Waals surface area contributed by atoms with Gasteiger partial charge in [-0.3, -0.25) is 20.4 Å². The van der Waals surface area contributed by atoms with Gasteiger partial charge >= 0.3 is 59.1 Å². The maximum Gasteiger partial charge on any atom is 1.00 e. The van der Waals surface area contributed by atoms with Crippen LogP contribution < -0.4 is 75.7 Å². The largest absolute Gasteiger partial charge is 1.00 e. The zero-order valence-corrected chi connectivity index (χ0v) is 33.6. The normalized spacial score (nSPS) is 14.6. The molecule has 0 heterocycles. The van der Waals surface area contributed by atoms with Crippen molar-refractivity contribution in [1.82, 2.24) is 0 Å². The molecule has 4 aromatic carbocycles. The van der Waals surface area contributed by atoms with E-state index in [1.54, 1.807) is 78.9 Å². The van der Waals surface area contributed by atoms with Gasteiger partial charge in [-0.05, 0) is 89.5 Å². The Morgan fingerprint density at radius 1 is 0.660 bits per heavy atom. The van der Waals surface area contributed by atoms with E-state index in [2.05, 4.69) is 31.3 Å². The van der Waals surface area contributed by atoms with E-state index in [9.17, 15) is 35.5 Å². The molecule has 0 fully saturated rings. The summed E-state index contributed by atoms with van der Waals surface area (Å²) < 4.78 is 73.2. The molecule has 15 nitrogen and oxygen atoms in total. The van der Waals surface area contributed by atoms with Gasteiger partial charge in [0, 0.05) is 0 Å². The molecule has 0 saturated heterocycles. The smallest absolute Gasteiger partial charge is 0.744 e. The molecular weight excluding hydrogens is 745 g/mol. The maximum absolute atomic E-state index is 13.6. The average molecular weight is 768 g/mol. The second-order valence-corrected chi connectivity index (χ2v) is 13.5. The summed E-state index contributed by atoms with van der Waals surface area (Å²) in [6.45, 7) is 0. The molecule has 6 rings (SSSR count). The molecule has 53 heavy (non-hydrogen) atoms. The Bertz CT molecular complexity index is 2480. The van der Waals surface area contributed by atoms with E-state index >= 15 is 0 Å². The first kappa shape index (κ1) is 41.4. The van der Waals surface area contributed by atoms with Gasteiger partial charge in [0.15, 0.2) is 5.78 Å². The minimum Gasteiger partial charge on any atom is -0.744 e. The summed E-state index contributed by atoms with van der Waals surface area (Å²) in [5.74, 6) is -1.25. The van der Waals surface area contributed by atoms with Gasteiger partial charge in [-0.2, -0.15) is 15.3 Å². The number of ketones is 2. The van der Waals surface area contributed by atoms with Crippen LogP contribution in [0.4, 0.5) is 28.4 Å². The first-order chi connectivity index (χ1) is 24.3. The van der Waals surface area contributed by atoms with Gasteiger partial charge in [-0.15, -0.1) is 5.11 Å². The van der Waals surface area contributed by atoms with Crippen LogP contribution in [-0.2, 0) is 25.0 Å². The van der Waals surface area contributed by atoms with Crippen molar-refractivity contribution in [2.24, 2.45) is 20.4 Å². The summed E-state index contributed by atoms with van der Waals surface area (Å²) >= 11 is 0. The minimum absolute atomic E-state index is 0. The number of fused-ring (bicyclic) bond motifs is 1. The third kappa shape index (κ3) is 9.78. The molecule has 0 atom stereocenters. The van der Waals surface area contributed by atoms with Crippen LogP contribution in [0.15, 0.2) is 139 Å². The zero-order chi connectivity index (χ0) is 36.3. The van der Waals surface area contributed by atoms with Crippen molar-refractivity contribution in [3.05, 3.63) is 125 Å². The average Bonchev–Trinajstić information content (AvgIpc) is 3.10. The first-order valence-electron chi connectivity index (χ1n) is 14.7. The molecular formula is C34H23N7Na2O8S2. The van der Waals surface area contributed by atoms with Gasteiger partial charge in [-0.1, -0.05) is 42.5 Å². The Labute approximate surface area is 347 Å². The number of nitrogens with one attached hydrogen (secondary N) is 2. The number of carbonyl (C=O) groups excluding carboxylic acids is 2. The van der Waals surface area contributed by atoms with Crippen molar-refractivity contribution < 1.29 is 94.6 Å². The molecule has 0 bridgehead atoms. The van der Waals surface area contributed by atoms with Crippen LogP contribution >= 0.6 is 0 Å². The van der Waals surface area contributed by atoms with Crippen LogP contribution in [0, 0.1) is 0 Å². The summed E-state index contributed by atoms with van der Waals surface area (Å²) in [5, 5.41) is 16.0. The number of nitrogen functional groups attached to an aromatic ring is 1. The van der Waals surface area contributed by atoms with Crippen LogP contribution in [0.3, 0.4) is 0 Å². The summed E-state index contributed by atoms with van der Waals surface area (Å²) in [7, 11) is -10.6. The molecule has 2 aliphatic carbocycles. The molecule has 0 spiro atoms. The molecule has 0 radical (unpaired) electrons. The minimum atomic E-state index is -5.32. The first-order valence-corrected chi connectivity index (χ1v) is 17.5. The Balaban J connectivity index is 0.00000314. The zero-order valence-electron chi connectivity index (χ0n) is 27.9. The number of allylic oxidation sites excluding steroid dienone is 5. The Kier molecular flexibility index (Phi) is 13.4. The van der Waals surface area contributed by atoms with E-state index in [1.807, 2.05) is 12.1 Å². The van der Waals surface area contributed by atoms with Gasteiger partial charge in [-0.25, -0.2) is 16.8 Å². The monoisotopic (exact) mass is 767 g/mol. The third-order valence-corrected chi connectivity index (χ3v) is 9.11. The van der Waals surface area contributed by atoms with Crippen LogP contribution in [0.25, 0.3) is 17.2 Å². The number of hydrogen-bond donors (Lipinski definition) is 3. The Morgan fingerprint density at radius 2 is 1.23 bits per heavy atom. The van der Waals surface area contributed by atoms with Crippen LogP contribution in [0.1, 0.15) is 15.9 Å². The predicted octanol–water partition coefficient (Wildman–Crippen LogP) is -0.723. The molecule has 4 N–H and O–H groups in total. The summed E-state index contributed by atoms with van der Waals surface area (Å²) in [4.78, 5) is 22.8. The Hall–Kier alpha value is -4.40. The number of anilines is 3. The number of para-hydroxylation sites is 1. The predicted molar refractivity (Wildman–Crippen MR) is 189 cm³/mol. The quantitative estimate of drug-likeness (QED) is 0.0479. The number of carbonyl (C=O) groups is 2. The fourth-order valence-electron chi connectivity index (χ4n) is 4.93. The summed E-state index contributed by atoms with van der Waals surface area (Å²) in [5.41, 5.74) is 12.2. The van der Waals surface area contributed by atoms with E-state index in [4.69, 9.17) is 5.73 Å². The number of nitrogens with two attached hydrogens (primary N) is 1. The van der Waals surface area contributed by atoms with E-state index in [0.29, 0.717) is 23.2 Å². The number of hydrazone groups is 2. The molecule has 0 unspecified atom stereocenters. The number of azo groups is 1. The number of benzene rings is 4. The van der Waals surface area contributed by atoms with Crippen LogP contribution in [0.5, 0.6) is 0 Å². The van der Waals surface area contributed by atoms with Gasteiger partial charge in [0.25, 0.3) is 0 Å². The van der Waals surface area contributed by atoms with Crippen molar-refractivity contribution in [2.45, 2.75) is 4.90 Å². The Morgan fingerprint density at radius 3 is 1.81 bits per heavy atom. The topological polar surface area (TPSA) is 248 Å². The fraction of sp³-hybridized carbons (Fsp3) is 0. The van der Waals surface area contributed by atoms with Crippen molar-refractivity contribution in [1.29, 1.82) is 0 Å². The summed E-state index contributed by atoms with van der Waals surface area (Å²) in [6.07, 6.45) is 6.74. The number of Topliss-reactive ketones (excluding diaryl/α,β-unsaturated/α-hetero) is 1. The number of hydrogen-bond acceptors (Lipinski definition) is 15. The van der Waals surface area contributed by atoms with E-state index in [-0.39, 0.29) is 70.6 Å². The van der Waals surface area contributed by atoms with Crippen molar-refractivity contribution >= 4 is 77.7 Å². The molecule has 2 aliphatic rings. The third-order valence-electron chi connectivity index (χ3n) is 7.41. The van der Waals surface area contributed by atoms with Crippen LogP contribution in [0.2, 0.25) is 0 Å². The molecule has 19 heteroatoms. The van der Waals surface area contributed by atoms with E-state index < -0.39 is 64.0 Å². The van der Waals surface area contributed by atoms with Crippen molar-refractivity contribution in [3.63, 3.8) is 0 Å². The van der Waals surface area contributed by atoms with Crippen molar-refractivity contribution in [3.8, 4) is 11.1 Å². The molecule has 0 aromatic heterocycles. The van der Waals surface area contributed by atoms with E-state index in [0.717, 1.165) is 17.2 Å². The standard InChI is InChI=1S/C34H25N7O8S2.2Na/c35-31-30-22(19-29(51(47,48)49)33(34(30)43)41-38-23-4-2-1-3-5-23)18-28(50(44,45)46)32(31)40-39-25-12-8-21(9-13-25)20-6-10-24(11-7-20)36-37-26-14-16-27(42)17-15-26;;/h1-19,36,38H,35H2,(H,44,45,46)(H,47,48,49);;/q;2*+1/p-2/b40-39?,41-33-;;. The molecule has 0 amide bonds. The van der Waals surface area contributed by atoms with Gasteiger partial charge in [0.1, 0.15) is 31.6 Å². The maximum atomic E-state index is 13.6. The van der Waals surface area contributed by atoms with Gasteiger partial charge in [0.05, 0.1) is 43.8 Å².